The summed E-state index contributed by atoms with van der Waals surface area (Å²) in [6, 6.07) is 6.19. The van der Waals surface area contributed by atoms with Crippen LogP contribution in [0.1, 0.15) is 18.3 Å². The third kappa shape index (κ3) is 3.12. The molecule has 1 aromatic carbocycles. The highest BCUT2D eigenvalue weighted by Gasteiger charge is 2.16. The van der Waals surface area contributed by atoms with Gasteiger partial charge in [0.1, 0.15) is 5.82 Å². The van der Waals surface area contributed by atoms with E-state index in [1.54, 1.807) is 0 Å². The minimum atomic E-state index is -0.611. The summed E-state index contributed by atoms with van der Waals surface area (Å²) in [4.78, 5) is 15.2. The minimum absolute atomic E-state index is 0.135. The Morgan fingerprint density at radius 3 is 3.09 bits per heavy atom. The van der Waals surface area contributed by atoms with Gasteiger partial charge in [-0.05, 0) is 30.2 Å². The van der Waals surface area contributed by atoms with Crippen LogP contribution < -0.4 is 10.6 Å². The summed E-state index contributed by atoms with van der Waals surface area (Å²) in [6.45, 7) is 2.09. The molecule has 22 heavy (non-hydrogen) atoms. The van der Waals surface area contributed by atoms with Gasteiger partial charge >= 0.3 is 0 Å². The molecule has 0 spiro atoms. The van der Waals surface area contributed by atoms with Gasteiger partial charge in [0.2, 0.25) is 5.91 Å². The smallest absolute Gasteiger partial charge is 0.216 e. The highest BCUT2D eigenvalue weighted by molar-refractivity contribution is 5.72. The van der Waals surface area contributed by atoms with Crippen LogP contribution in [0.3, 0.4) is 0 Å². The molecule has 0 saturated heterocycles. The summed E-state index contributed by atoms with van der Waals surface area (Å²) >= 11 is 0. The maximum absolute atomic E-state index is 10.8. The van der Waals surface area contributed by atoms with Crippen molar-refractivity contribution in [1.82, 2.24) is 14.9 Å². The van der Waals surface area contributed by atoms with Crippen LogP contribution in [0.5, 0.6) is 0 Å². The SMILES string of the molecule is CC(=O)NC[C@H](O)CNc1ccc2c(c1)CCc1nccn1-2. The Bertz CT molecular complexity index is 681. The van der Waals surface area contributed by atoms with Crippen molar-refractivity contribution in [2.45, 2.75) is 25.9 Å². The van der Waals surface area contributed by atoms with Crippen molar-refractivity contribution in [1.29, 1.82) is 0 Å². The number of benzene rings is 1. The highest BCUT2D eigenvalue weighted by Crippen LogP contribution is 2.26. The molecule has 3 N–H and O–H groups in total. The summed E-state index contributed by atoms with van der Waals surface area (Å²) in [5.74, 6) is 0.961. The van der Waals surface area contributed by atoms with Crippen molar-refractivity contribution in [3.05, 3.63) is 42.0 Å². The van der Waals surface area contributed by atoms with Crippen molar-refractivity contribution in [2.75, 3.05) is 18.4 Å². The number of rotatable bonds is 5. The standard InChI is InChI=1S/C16H20N4O2/c1-11(21)18-9-14(22)10-19-13-3-4-15-12(8-13)2-5-16-17-6-7-20(15)16/h3-4,6-8,14,19,22H,2,5,9-10H2,1H3,(H,18,21)/t14-/m0/s1. The zero-order valence-electron chi connectivity index (χ0n) is 12.5. The van der Waals surface area contributed by atoms with E-state index in [0.717, 1.165) is 24.4 Å². The number of aromatic nitrogens is 2. The van der Waals surface area contributed by atoms with Gasteiger partial charge in [-0.1, -0.05) is 0 Å². The van der Waals surface area contributed by atoms with Crippen LogP contribution in [-0.2, 0) is 17.6 Å². The number of fused-ring (bicyclic) bond motifs is 3. The number of nitrogens with one attached hydrogen (secondary N) is 2. The fourth-order valence-electron chi connectivity index (χ4n) is 2.69. The molecule has 0 saturated carbocycles. The molecule has 0 aliphatic carbocycles. The second kappa shape index (κ2) is 6.19. The van der Waals surface area contributed by atoms with Gasteiger partial charge in [0.05, 0.1) is 11.8 Å². The molecule has 1 aromatic heterocycles. The number of carbonyl (C=O) groups excluding carboxylic acids is 1. The van der Waals surface area contributed by atoms with Crippen LogP contribution >= 0.6 is 0 Å². The number of nitrogens with zero attached hydrogens (tertiary/aromatic N) is 2. The van der Waals surface area contributed by atoms with Crippen molar-refractivity contribution in [3.63, 3.8) is 0 Å². The second-order valence-corrected chi connectivity index (χ2v) is 5.53. The third-order valence-corrected chi connectivity index (χ3v) is 3.80. The first-order valence-corrected chi connectivity index (χ1v) is 7.45. The molecule has 1 aliphatic rings. The number of amides is 1. The van der Waals surface area contributed by atoms with Gasteiger partial charge in [-0.3, -0.25) is 4.79 Å². The lowest BCUT2D eigenvalue weighted by Crippen LogP contribution is -2.34. The predicted molar refractivity (Wildman–Crippen MR) is 84.2 cm³/mol. The predicted octanol–water partition coefficient (Wildman–Crippen LogP) is 0.880. The van der Waals surface area contributed by atoms with Crippen molar-refractivity contribution in [2.24, 2.45) is 0 Å². The third-order valence-electron chi connectivity index (χ3n) is 3.80. The lowest BCUT2D eigenvalue weighted by molar-refractivity contribution is -0.119. The fraction of sp³-hybridized carbons (Fsp3) is 0.375. The van der Waals surface area contributed by atoms with Gasteiger partial charge in [0.25, 0.3) is 0 Å². The Morgan fingerprint density at radius 2 is 2.27 bits per heavy atom. The number of aliphatic hydroxyl groups is 1. The molecule has 2 heterocycles. The van der Waals surface area contributed by atoms with Gasteiger partial charge in [-0.2, -0.15) is 0 Å². The molecule has 116 valence electrons. The Hall–Kier alpha value is -2.34. The minimum Gasteiger partial charge on any atom is -0.389 e. The Labute approximate surface area is 129 Å². The van der Waals surface area contributed by atoms with Gasteiger partial charge in [0.15, 0.2) is 0 Å². The molecule has 1 atom stereocenters. The molecule has 1 amide bonds. The van der Waals surface area contributed by atoms with Crippen LogP contribution in [0.2, 0.25) is 0 Å². The number of imidazole rings is 1. The Balaban J connectivity index is 1.64. The van der Waals surface area contributed by atoms with Gasteiger partial charge in [-0.25, -0.2) is 4.98 Å². The molecule has 1 aliphatic heterocycles. The fourth-order valence-corrected chi connectivity index (χ4v) is 2.69. The lowest BCUT2D eigenvalue weighted by Gasteiger charge is -2.20. The molecule has 0 unspecified atom stereocenters. The molecule has 2 aromatic rings. The molecule has 6 nitrogen and oxygen atoms in total. The number of aryl methyl sites for hydroxylation is 2. The summed E-state index contributed by atoms with van der Waals surface area (Å²) < 4.78 is 2.12. The summed E-state index contributed by atoms with van der Waals surface area (Å²) in [5, 5.41) is 15.6. The zero-order valence-corrected chi connectivity index (χ0v) is 12.5. The molecule has 0 bridgehead atoms. The highest BCUT2D eigenvalue weighted by atomic mass is 16.3. The van der Waals surface area contributed by atoms with E-state index < -0.39 is 6.10 Å². The average Bonchev–Trinajstić information content (AvgIpc) is 2.99. The van der Waals surface area contributed by atoms with E-state index in [-0.39, 0.29) is 12.5 Å². The van der Waals surface area contributed by atoms with Crippen molar-refractivity contribution >= 4 is 11.6 Å². The van der Waals surface area contributed by atoms with E-state index in [4.69, 9.17) is 0 Å². The van der Waals surface area contributed by atoms with E-state index in [2.05, 4.69) is 32.3 Å². The average molecular weight is 300 g/mol. The van der Waals surface area contributed by atoms with E-state index in [9.17, 15) is 9.90 Å². The second-order valence-electron chi connectivity index (χ2n) is 5.53. The number of hydrogen-bond donors (Lipinski definition) is 3. The Morgan fingerprint density at radius 1 is 1.41 bits per heavy atom. The molecule has 6 heteroatoms. The summed E-state index contributed by atoms with van der Waals surface area (Å²) in [7, 11) is 0. The first-order chi connectivity index (χ1) is 10.6. The van der Waals surface area contributed by atoms with E-state index >= 15 is 0 Å². The van der Waals surface area contributed by atoms with E-state index in [1.165, 1.54) is 18.2 Å². The number of anilines is 1. The maximum atomic E-state index is 10.8. The molecule has 3 rings (SSSR count). The van der Waals surface area contributed by atoms with E-state index in [1.807, 2.05) is 18.5 Å². The summed E-state index contributed by atoms with van der Waals surface area (Å²) in [5.41, 5.74) is 3.42. The van der Waals surface area contributed by atoms with Gasteiger partial charge in [0, 0.05) is 44.5 Å². The van der Waals surface area contributed by atoms with E-state index in [0.29, 0.717) is 6.54 Å². The quantitative estimate of drug-likeness (QED) is 0.766. The van der Waals surface area contributed by atoms with Gasteiger partial charge < -0.3 is 20.3 Å². The largest absolute Gasteiger partial charge is 0.389 e. The first kappa shape index (κ1) is 14.6. The number of hydrogen-bond acceptors (Lipinski definition) is 4. The van der Waals surface area contributed by atoms with Crippen molar-refractivity contribution in [3.8, 4) is 5.69 Å². The van der Waals surface area contributed by atoms with Crippen LogP contribution in [-0.4, -0.2) is 39.8 Å². The van der Waals surface area contributed by atoms with Crippen LogP contribution in [0.25, 0.3) is 5.69 Å². The monoisotopic (exact) mass is 300 g/mol. The summed E-state index contributed by atoms with van der Waals surface area (Å²) in [6.07, 6.45) is 5.11. The molecular formula is C16H20N4O2. The normalized spacial score (nSPS) is 13.9. The maximum Gasteiger partial charge on any atom is 0.216 e. The van der Waals surface area contributed by atoms with Crippen LogP contribution in [0.15, 0.2) is 30.6 Å². The van der Waals surface area contributed by atoms with Crippen LogP contribution in [0.4, 0.5) is 5.69 Å². The number of carbonyl (C=O) groups is 1. The van der Waals surface area contributed by atoms with Crippen LogP contribution in [0, 0.1) is 0 Å². The molecular weight excluding hydrogens is 280 g/mol. The first-order valence-electron chi connectivity index (χ1n) is 7.45. The molecule has 0 fully saturated rings. The van der Waals surface area contributed by atoms with Gasteiger partial charge in [-0.15, -0.1) is 0 Å². The lowest BCUT2D eigenvalue weighted by atomic mass is 10.0. The molecule has 0 radical (unpaired) electrons. The van der Waals surface area contributed by atoms with Crippen molar-refractivity contribution < 1.29 is 9.90 Å². The number of aliphatic hydroxyl groups excluding tert-OH is 1. The topological polar surface area (TPSA) is 79.2 Å². The Kier molecular flexibility index (Phi) is 4.11. The zero-order chi connectivity index (χ0) is 15.5.